The number of benzene rings is 2. The number of carbonyl (C=O) groups is 1. The van der Waals surface area contributed by atoms with Crippen molar-refractivity contribution in [3.8, 4) is 10.8 Å². The van der Waals surface area contributed by atoms with Crippen LogP contribution in [0, 0.1) is 20.8 Å². The normalized spacial score (nSPS) is 13.1. The summed E-state index contributed by atoms with van der Waals surface area (Å²) in [5.74, 6) is 0.817. The molecule has 0 saturated carbocycles. The number of anilines is 1. The Labute approximate surface area is 222 Å². The van der Waals surface area contributed by atoms with Crippen LogP contribution in [0.4, 0.5) is 5.69 Å². The van der Waals surface area contributed by atoms with E-state index in [1.54, 1.807) is 18.4 Å². The van der Waals surface area contributed by atoms with Gasteiger partial charge < -0.3 is 14.6 Å². The summed E-state index contributed by atoms with van der Waals surface area (Å²) in [6, 6.07) is 18.1. The number of hydrogen-bond acceptors (Lipinski definition) is 4. The third-order valence-electron chi connectivity index (χ3n) is 7.03. The fourth-order valence-corrected chi connectivity index (χ4v) is 6.48. The maximum atomic E-state index is 13.7. The standard InChI is InChI=1S/C31H33N3O2S/c1-20-9-13-25(14-10-20)33-30(35)29-27-7-5-6-8-28(27)37-31(29)34-21(2)17-24(22(34)3)19-32-18-23-11-15-26(36-4)16-12-23/h9-17,19H,5-8,18H2,1-4H3,(H,33,35). The molecule has 2 aromatic heterocycles. The predicted molar refractivity (Wildman–Crippen MR) is 153 cm³/mol. The largest absolute Gasteiger partial charge is 0.497 e. The zero-order chi connectivity index (χ0) is 25.9. The molecule has 0 aliphatic heterocycles. The number of nitrogens with one attached hydrogen (secondary N) is 1. The van der Waals surface area contributed by atoms with Crippen LogP contribution in [0.2, 0.25) is 0 Å². The number of aliphatic imine (C=N–C) groups is 1. The molecule has 0 fully saturated rings. The van der Waals surface area contributed by atoms with Gasteiger partial charge in [0.15, 0.2) is 0 Å². The second-order valence-corrected chi connectivity index (χ2v) is 10.8. The van der Waals surface area contributed by atoms with Gasteiger partial charge in [-0.3, -0.25) is 9.79 Å². The lowest BCUT2D eigenvalue weighted by Gasteiger charge is -2.14. The number of ether oxygens (including phenoxy) is 1. The van der Waals surface area contributed by atoms with Gasteiger partial charge in [-0.25, -0.2) is 0 Å². The lowest BCUT2D eigenvalue weighted by molar-refractivity contribution is 0.102. The second-order valence-electron chi connectivity index (χ2n) is 9.69. The summed E-state index contributed by atoms with van der Waals surface area (Å²) in [7, 11) is 1.67. The zero-order valence-electron chi connectivity index (χ0n) is 21.9. The van der Waals surface area contributed by atoms with Crippen LogP contribution in [0.5, 0.6) is 5.75 Å². The SMILES string of the molecule is COc1ccc(CN=Cc2cc(C)n(-c3sc4c(c3C(=O)Nc3ccc(C)cc3)CCCC4)c2C)cc1. The summed E-state index contributed by atoms with van der Waals surface area (Å²) >= 11 is 1.77. The van der Waals surface area contributed by atoms with E-state index in [1.807, 2.05) is 54.7 Å². The molecule has 5 rings (SSSR count). The number of nitrogens with zero attached hydrogens (tertiary/aromatic N) is 2. The fourth-order valence-electron chi connectivity index (χ4n) is 4.98. The van der Waals surface area contributed by atoms with Crippen LogP contribution >= 0.6 is 11.3 Å². The molecule has 1 N–H and O–H groups in total. The quantitative estimate of drug-likeness (QED) is 0.266. The first-order chi connectivity index (χ1) is 17.9. The summed E-state index contributed by atoms with van der Waals surface area (Å²) in [6.07, 6.45) is 6.25. The van der Waals surface area contributed by atoms with E-state index in [1.165, 1.54) is 22.4 Å². The van der Waals surface area contributed by atoms with Crippen molar-refractivity contribution < 1.29 is 9.53 Å². The average molecular weight is 512 g/mol. The lowest BCUT2D eigenvalue weighted by Crippen LogP contribution is -2.17. The van der Waals surface area contributed by atoms with Crippen molar-refractivity contribution in [2.24, 2.45) is 4.99 Å². The Morgan fingerprint density at radius 2 is 1.78 bits per heavy atom. The van der Waals surface area contributed by atoms with Gasteiger partial charge in [0.05, 0.1) is 19.2 Å². The number of aromatic nitrogens is 1. The van der Waals surface area contributed by atoms with Crippen molar-refractivity contribution in [3.05, 3.63) is 98.7 Å². The Balaban J connectivity index is 1.46. The maximum Gasteiger partial charge on any atom is 0.258 e. The van der Waals surface area contributed by atoms with E-state index < -0.39 is 0 Å². The first kappa shape index (κ1) is 25.0. The average Bonchev–Trinajstić information content (AvgIpc) is 3.41. The van der Waals surface area contributed by atoms with Crippen LogP contribution < -0.4 is 10.1 Å². The third-order valence-corrected chi connectivity index (χ3v) is 8.30. The summed E-state index contributed by atoms with van der Waals surface area (Å²) < 4.78 is 7.48. The van der Waals surface area contributed by atoms with Crippen LogP contribution in [-0.2, 0) is 19.4 Å². The Morgan fingerprint density at radius 3 is 2.51 bits per heavy atom. The highest BCUT2D eigenvalue weighted by Gasteiger charge is 2.28. The first-order valence-corrected chi connectivity index (χ1v) is 13.6. The molecule has 5 nitrogen and oxygen atoms in total. The van der Waals surface area contributed by atoms with Crippen molar-refractivity contribution in [2.45, 2.75) is 53.0 Å². The van der Waals surface area contributed by atoms with Crippen molar-refractivity contribution in [1.82, 2.24) is 4.57 Å². The molecule has 6 heteroatoms. The van der Waals surface area contributed by atoms with Crippen molar-refractivity contribution >= 4 is 29.1 Å². The number of thiophene rings is 1. The highest BCUT2D eigenvalue weighted by atomic mass is 32.1. The summed E-state index contributed by atoms with van der Waals surface area (Å²) in [4.78, 5) is 19.7. The topological polar surface area (TPSA) is 55.6 Å². The summed E-state index contributed by atoms with van der Waals surface area (Å²) in [5, 5.41) is 4.17. The first-order valence-electron chi connectivity index (χ1n) is 12.8. The Kier molecular flexibility index (Phi) is 7.28. The molecule has 4 aromatic rings. The monoisotopic (exact) mass is 511 g/mol. The number of hydrogen-bond donors (Lipinski definition) is 1. The number of fused-ring (bicyclic) bond motifs is 1. The van der Waals surface area contributed by atoms with Crippen LogP contribution in [0.15, 0.2) is 59.6 Å². The minimum atomic E-state index is -0.0273. The van der Waals surface area contributed by atoms with E-state index in [9.17, 15) is 4.79 Å². The molecule has 0 bridgehead atoms. The molecule has 0 spiro atoms. The van der Waals surface area contributed by atoms with Crippen LogP contribution in [0.3, 0.4) is 0 Å². The minimum Gasteiger partial charge on any atom is -0.497 e. The van der Waals surface area contributed by atoms with Crippen molar-refractivity contribution in [3.63, 3.8) is 0 Å². The van der Waals surface area contributed by atoms with Crippen LogP contribution in [0.1, 0.15) is 61.7 Å². The molecular formula is C31H33N3O2S. The summed E-state index contributed by atoms with van der Waals surface area (Å²) in [6.45, 7) is 6.87. The number of aryl methyl sites for hydroxylation is 3. The van der Waals surface area contributed by atoms with E-state index in [2.05, 4.69) is 36.7 Å². The van der Waals surface area contributed by atoms with E-state index in [4.69, 9.17) is 9.73 Å². The third kappa shape index (κ3) is 5.25. The van der Waals surface area contributed by atoms with Gasteiger partial charge in [-0.2, -0.15) is 0 Å². The van der Waals surface area contributed by atoms with Gasteiger partial charge in [0.1, 0.15) is 10.8 Å². The molecule has 1 aliphatic rings. The number of methoxy groups -OCH3 is 1. The maximum absolute atomic E-state index is 13.7. The molecule has 1 aliphatic carbocycles. The van der Waals surface area contributed by atoms with Gasteiger partial charge in [0, 0.05) is 33.7 Å². The second kappa shape index (κ2) is 10.8. The lowest BCUT2D eigenvalue weighted by atomic mass is 9.95. The Morgan fingerprint density at radius 1 is 1.05 bits per heavy atom. The van der Waals surface area contributed by atoms with E-state index in [-0.39, 0.29) is 5.91 Å². The van der Waals surface area contributed by atoms with E-state index in [0.717, 1.165) is 63.8 Å². The predicted octanol–water partition coefficient (Wildman–Crippen LogP) is 7.22. The van der Waals surface area contributed by atoms with Gasteiger partial charge in [-0.1, -0.05) is 29.8 Å². The molecule has 0 unspecified atom stereocenters. The van der Waals surface area contributed by atoms with Gasteiger partial charge in [-0.05, 0) is 87.9 Å². The molecular weight excluding hydrogens is 478 g/mol. The number of rotatable bonds is 7. The zero-order valence-corrected chi connectivity index (χ0v) is 22.7. The molecule has 0 saturated heterocycles. The molecule has 37 heavy (non-hydrogen) atoms. The molecule has 1 amide bonds. The number of carbonyl (C=O) groups excluding carboxylic acids is 1. The highest BCUT2D eigenvalue weighted by Crippen LogP contribution is 2.39. The molecule has 2 heterocycles. The van der Waals surface area contributed by atoms with E-state index in [0.29, 0.717) is 6.54 Å². The fraction of sp³-hybridized carbons (Fsp3) is 0.290. The molecule has 0 radical (unpaired) electrons. The van der Waals surface area contributed by atoms with Crippen molar-refractivity contribution in [1.29, 1.82) is 0 Å². The highest BCUT2D eigenvalue weighted by molar-refractivity contribution is 7.15. The number of amides is 1. The smallest absolute Gasteiger partial charge is 0.258 e. The van der Waals surface area contributed by atoms with Gasteiger partial charge in [0.25, 0.3) is 5.91 Å². The van der Waals surface area contributed by atoms with E-state index >= 15 is 0 Å². The van der Waals surface area contributed by atoms with Crippen molar-refractivity contribution in [2.75, 3.05) is 12.4 Å². The van der Waals surface area contributed by atoms with Gasteiger partial charge in [-0.15, -0.1) is 11.3 Å². The van der Waals surface area contributed by atoms with Crippen LogP contribution in [-0.4, -0.2) is 23.8 Å². The molecule has 190 valence electrons. The van der Waals surface area contributed by atoms with Gasteiger partial charge in [0.2, 0.25) is 0 Å². The summed E-state index contributed by atoms with van der Waals surface area (Å²) in [5.41, 5.74) is 8.44. The van der Waals surface area contributed by atoms with Crippen LogP contribution in [0.25, 0.3) is 5.00 Å². The Hall–Kier alpha value is -3.64. The Bertz CT molecular complexity index is 1440. The van der Waals surface area contributed by atoms with Gasteiger partial charge >= 0.3 is 0 Å². The minimum absolute atomic E-state index is 0.0273. The molecule has 2 aromatic carbocycles. The molecule has 0 atom stereocenters.